The van der Waals surface area contributed by atoms with Gasteiger partial charge in [0.05, 0.1) is 16.6 Å². The van der Waals surface area contributed by atoms with Crippen molar-refractivity contribution in [3.05, 3.63) is 44.7 Å². The predicted octanol–water partition coefficient (Wildman–Crippen LogP) is 2.79. The zero-order valence-corrected chi connectivity index (χ0v) is 11.8. The molecular formula is C12H11FN4O3S. The normalized spacial score (nSPS) is 10.4. The summed E-state index contributed by atoms with van der Waals surface area (Å²) in [5, 5.41) is 21.6. The van der Waals surface area contributed by atoms with Gasteiger partial charge < -0.3 is 0 Å². The Labute approximate surface area is 123 Å². The molecule has 1 heterocycles. The van der Waals surface area contributed by atoms with Gasteiger partial charge in [-0.05, 0) is 12.5 Å². The molecular weight excluding hydrogens is 299 g/mol. The fourth-order valence-corrected chi connectivity index (χ4v) is 2.42. The van der Waals surface area contributed by atoms with Gasteiger partial charge >= 0.3 is 0 Å². The van der Waals surface area contributed by atoms with Crippen LogP contribution in [0.25, 0.3) is 0 Å². The number of aryl methyl sites for hydroxylation is 1. The number of halogens is 1. The quantitative estimate of drug-likeness (QED) is 0.676. The number of hydrogen-bond donors (Lipinski definition) is 1. The van der Waals surface area contributed by atoms with Crippen molar-refractivity contribution in [2.24, 2.45) is 0 Å². The SMILES string of the molecule is CCCc1nnc(NC(=O)c2ccc([N+](=O)[O-])cc2F)s1. The van der Waals surface area contributed by atoms with Crippen molar-refractivity contribution in [1.29, 1.82) is 0 Å². The molecule has 0 unspecified atom stereocenters. The van der Waals surface area contributed by atoms with Gasteiger partial charge in [-0.25, -0.2) is 4.39 Å². The summed E-state index contributed by atoms with van der Waals surface area (Å²) >= 11 is 1.21. The average Bonchev–Trinajstić information content (AvgIpc) is 2.86. The highest BCUT2D eigenvalue weighted by molar-refractivity contribution is 7.15. The number of rotatable bonds is 5. The van der Waals surface area contributed by atoms with E-state index >= 15 is 0 Å². The standard InChI is InChI=1S/C12H11FN4O3S/c1-2-3-10-15-16-12(21-10)14-11(18)8-5-4-7(17(19)20)6-9(8)13/h4-6H,2-3H2,1H3,(H,14,16,18). The minimum atomic E-state index is -0.958. The van der Waals surface area contributed by atoms with E-state index in [1.54, 1.807) is 0 Å². The van der Waals surface area contributed by atoms with E-state index in [1.165, 1.54) is 11.3 Å². The molecule has 1 aromatic carbocycles. The van der Waals surface area contributed by atoms with Crippen LogP contribution in [0.1, 0.15) is 28.7 Å². The van der Waals surface area contributed by atoms with Crippen molar-refractivity contribution >= 4 is 28.1 Å². The molecule has 2 rings (SSSR count). The lowest BCUT2D eigenvalue weighted by Gasteiger charge is -2.02. The summed E-state index contributed by atoms with van der Waals surface area (Å²) in [5.74, 6) is -1.68. The summed E-state index contributed by atoms with van der Waals surface area (Å²) in [7, 11) is 0. The Morgan fingerprint density at radius 2 is 2.24 bits per heavy atom. The maximum absolute atomic E-state index is 13.7. The maximum Gasteiger partial charge on any atom is 0.272 e. The second-order valence-corrected chi connectivity index (χ2v) is 5.19. The number of amides is 1. The highest BCUT2D eigenvalue weighted by atomic mass is 32.1. The van der Waals surface area contributed by atoms with Crippen molar-refractivity contribution in [3.63, 3.8) is 0 Å². The Balaban J connectivity index is 2.14. The van der Waals surface area contributed by atoms with E-state index < -0.39 is 22.3 Å². The highest BCUT2D eigenvalue weighted by Gasteiger charge is 2.17. The molecule has 1 N–H and O–H groups in total. The van der Waals surface area contributed by atoms with Crippen LogP contribution in [0.3, 0.4) is 0 Å². The van der Waals surface area contributed by atoms with Crippen molar-refractivity contribution in [1.82, 2.24) is 10.2 Å². The number of non-ortho nitro benzene ring substituents is 1. The fraction of sp³-hybridized carbons (Fsp3) is 0.250. The minimum absolute atomic E-state index is 0.265. The minimum Gasteiger partial charge on any atom is -0.296 e. The lowest BCUT2D eigenvalue weighted by Crippen LogP contribution is -2.13. The van der Waals surface area contributed by atoms with Gasteiger partial charge in [-0.2, -0.15) is 0 Å². The Hall–Kier alpha value is -2.42. The number of nitrogens with one attached hydrogen (secondary N) is 1. The van der Waals surface area contributed by atoms with Gasteiger partial charge in [-0.3, -0.25) is 20.2 Å². The van der Waals surface area contributed by atoms with Crippen LogP contribution in [0.15, 0.2) is 18.2 Å². The molecule has 0 aliphatic rings. The van der Waals surface area contributed by atoms with Gasteiger partial charge in [0.25, 0.3) is 11.6 Å². The average molecular weight is 310 g/mol. The van der Waals surface area contributed by atoms with Crippen LogP contribution in [0.4, 0.5) is 15.2 Å². The zero-order chi connectivity index (χ0) is 15.4. The number of carbonyl (C=O) groups excluding carboxylic acids is 1. The molecule has 0 atom stereocenters. The van der Waals surface area contributed by atoms with Crippen LogP contribution in [-0.2, 0) is 6.42 Å². The largest absolute Gasteiger partial charge is 0.296 e. The molecule has 0 bridgehead atoms. The Kier molecular flexibility index (Phi) is 4.53. The number of benzene rings is 1. The molecule has 1 amide bonds. The van der Waals surface area contributed by atoms with E-state index in [4.69, 9.17) is 0 Å². The van der Waals surface area contributed by atoms with E-state index in [-0.39, 0.29) is 10.7 Å². The summed E-state index contributed by atoms with van der Waals surface area (Å²) in [5.41, 5.74) is -0.696. The molecule has 2 aromatic rings. The third kappa shape index (κ3) is 3.57. The van der Waals surface area contributed by atoms with Gasteiger partial charge in [-0.15, -0.1) is 10.2 Å². The zero-order valence-electron chi connectivity index (χ0n) is 11.0. The summed E-state index contributed by atoms with van der Waals surface area (Å²) in [6.45, 7) is 1.99. The Morgan fingerprint density at radius 1 is 1.48 bits per heavy atom. The number of nitro benzene ring substituents is 1. The first kappa shape index (κ1) is 15.0. The first-order chi connectivity index (χ1) is 10.0. The molecule has 1 aromatic heterocycles. The number of nitrogens with zero attached hydrogens (tertiary/aromatic N) is 3. The smallest absolute Gasteiger partial charge is 0.272 e. The van der Waals surface area contributed by atoms with Crippen molar-refractivity contribution in [2.45, 2.75) is 19.8 Å². The first-order valence-electron chi connectivity index (χ1n) is 6.09. The topological polar surface area (TPSA) is 98.0 Å². The van der Waals surface area contributed by atoms with E-state index in [9.17, 15) is 19.3 Å². The van der Waals surface area contributed by atoms with Crippen LogP contribution in [0.2, 0.25) is 0 Å². The molecule has 0 spiro atoms. The molecule has 0 saturated carbocycles. The van der Waals surface area contributed by atoms with Crippen LogP contribution in [-0.4, -0.2) is 21.0 Å². The summed E-state index contributed by atoms with van der Waals surface area (Å²) in [6.07, 6.45) is 1.65. The van der Waals surface area contributed by atoms with Gasteiger partial charge in [0, 0.05) is 12.5 Å². The predicted molar refractivity (Wildman–Crippen MR) is 74.9 cm³/mol. The van der Waals surface area contributed by atoms with Crippen LogP contribution >= 0.6 is 11.3 Å². The molecule has 0 radical (unpaired) electrons. The lowest BCUT2D eigenvalue weighted by atomic mass is 10.2. The number of anilines is 1. The van der Waals surface area contributed by atoms with Crippen molar-refractivity contribution < 1.29 is 14.1 Å². The van der Waals surface area contributed by atoms with Gasteiger partial charge in [0.15, 0.2) is 0 Å². The number of aromatic nitrogens is 2. The van der Waals surface area contributed by atoms with E-state index in [2.05, 4.69) is 15.5 Å². The fourth-order valence-electron chi connectivity index (χ4n) is 1.59. The third-order valence-electron chi connectivity index (χ3n) is 2.56. The monoisotopic (exact) mass is 310 g/mol. The number of hydrogen-bond acceptors (Lipinski definition) is 6. The lowest BCUT2D eigenvalue weighted by molar-refractivity contribution is -0.385. The second-order valence-electron chi connectivity index (χ2n) is 4.13. The molecule has 110 valence electrons. The molecule has 21 heavy (non-hydrogen) atoms. The van der Waals surface area contributed by atoms with Gasteiger partial charge in [0.2, 0.25) is 5.13 Å². The van der Waals surface area contributed by atoms with Crippen molar-refractivity contribution in [2.75, 3.05) is 5.32 Å². The molecule has 0 saturated heterocycles. The molecule has 0 aliphatic carbocycles. The van der Waals surface area contributed by atoms with Crippen LogP contribution in [0.5, 0.6) is 0 Å². The third-order valence-corrected chi connectivity index (χ3v) is 3.46. The number of carbonyl (C=O) groups is 1. The van der Waals surface area contributed by atoms with E-state index in [1.807, 2.05) is 6.92 Å². The molecule has 7 nitrogen and oxygen atoms in total. The van der Waals surface area contributed by atoms with Gasteiger partial charge in [-0.1, -0.05) is 18.3 Å². The summed E-state index contributed by atoms with van der Waals surface area (Å²) < 4.78 is 13.7. The van der Waals surface area contributed by atoms with Crippen LogP contribution in [0, 0.1) is 15.9 Å². The molecule has 0 aliphatic heterocycles. The van der Waals surface area contributed by atoms with E-state index in [0.717, 1.165) is 30.0 Å². The molecule has 0 fully saturated rings. The van der Waals surface area contributed by atoms with E-state index in [0.29, 0.717) is 6.07 Å². The first-order valence-corrected chi connectivity index (χ1v) is 6.90. The highest BCUT2D eigenvalue weighted by Crippen LogP contribution is 2.20. The van der Waals surface area contributed by atoms with Crippen LogP contribution < -0.4 is 5.32 Å². The Morgan fingerprint density at radius 3 is 2.86 bits per heavy atom. The Bertz CT molecular complexity index is 689. The number of nitro groups is 1. The van der Waals surface area contributed by atoms with Gasteiger partial charge in [0.1, 0.15) is 10.8 Å². The maximum atomic E-state index is 13.7. The molecule has 9 heteroatoms. The summed E-state index contributed by atoms with van der Waals surface area (Å²) in [6, 6.07) is 2.84. The summed E-state index contributed by atoms with van der Waals surface area (Å²) in [4.78, 5) is 21.7. The van der Waals surface area contributed by atoms with Crippen molar-refractivity contribution in [3.8, 4) is 0 Å². The second kappa shape index (κ2) is 6.35.